The molecule has 1 aliphatic rings. The van der Waals surface area contributed by atoms with Crippen LogP contribution in [0.25, 0.3) is 0 Å². The van der Waals surface area contributed by atoms with E-state index in [9.17, 15) is 8.42 Å². The van der Waals surface area contributed by atoms with Gasteiger partial charge in [0.1, 0.15) is 0 Å². The topological polar surface area (TPSA) is 55.8 Å². The molecule has 7 heteroatoms. The van der Waals surface area contributed by atoms with Gasteiger partial charge in [-0.25, -0.2) is 0 Å². The monoisotopic (exact) mass is 645 g/mol. The molecule has 37 heavy (non-hydrogen) atoms. The van der Waals surface area contributed by atoms with Gasteiger partial charge in [-0.3, -0.25) is 0 Å². The molecule has 0 saturated carbocycles. The number of nitrogens with zero attached hydrogens (tertiary/aromatic N) is 1. The Morgan fingerprint density at radius 2 is 1.14 bits per heavy atom. The van der Waals surface area contributed by atoms with Gasteiger partial charge in [0.05, 0.1) is 0 Å². The number of hydrogen-bond acceptors (Lipinski definition) is 6. The molecule has 2 rings (SSSR count). The summed E-state index contributed by atoms with van der Waals surface area (Å²) in [6.45, 7) is 9.78. The van der Waals surface area contributed by atoms with Crippen LogP contribution >= 0.6 is 0 Å². The van der Waals surface area contributed by atoms with Gasteiger partial charge in [-0.15, -0.1) is 0 Å². The second-order valence-corrected chi connectivity index (χ2v) is 13.7. The van der Waals surface area contributed by atoms with Crippen LogP contribution in [0.3, 0.4) is 0 Å². The second-order valence-electron chi connectivity index (χ2n) is 10.3. The SMILES string of the molecule is CCCCCCCCCCCCc1ccc([S-](=O)=O)cc1.CCCCCCCCN1CC[O][SnH+][O]CC1. The quantitative estimate of drug-likeness (QED) is 0.0875. The first-order valence-electron chi connectivity index (χ1n) is 15.1. The minimum atomic E-state index is -2.10. The summed E-state index contributed by atoms with van der Waals surface area (Å²) in [5.74, 6) is 0. The summed E-state index contributed by atoms with van der Waals surface area (Å²) in [6, 6.07) is 7.24. The van der Waals surface area contributed by atoms with Gasteiger partial charge in [0, 0.05) is 0 Å². The molecule has 214 valence electrons. The van der Waals surface area contributed by atoms with Crippen LogP contribution in [0.2, 0.25) is 0 Å². The van der Waals surface area contributed by atoms with Crippen LogP contribution in [0.15, 0.2) is 29.2 Å². The molecule has 0 unspecified atom stereocenters. The van der Waals surface area contributed by atoms with Crippen molar-refractivity contribution in [3.05, 3.63) is 29.8 Å². The Labute approximate surface area is 241 Å². The third kappa shape index (κ3) is 21.4. The molecule has 0 spiro atoms. The summed E-state index contributed by atoms with van der Waals surface area (Å²) < 4.78 is 32.5. The third-order valence-electron chi connectivity index (χ3n) is 6.95. The summed E-state index contributed by atoms with van der Waals surface area (Å²) >= 11 is -1.04. The molecule has 0 aromatic heterocycles. The van der Waals surface area contributed by atoms with Crippen molar-refractivity contribution in [3.8, 4) is 0 Å². The molecule has 1 fully saturated rings. The van der Waals surface area contributed by atoms with E-state index in [-0.39, 0.29) is 0 Å². The van der Waals surface area contributed by atoms with E-state index < -0.39 is 32.7 Å². The zero-order valence-corrected chi connectivity index (χ0v) is 28.0. The van der Waals surface area contributed by atoms with Gasteiger partial charge in [-0.1, -0.05) is 93.9 Å². The van der Waals surface area contributed by atoms with E-state index in [1.165, 1.54) is 115 Å². The number of rotatable bonds is 19. The summed E-state index contributed by atoms with van der Waals surface area (Å²) in [6.07, 6.45) is 22.8. The van der Waals surface area contributed by atoms with Gasteiger partial charge in [0.25, 0.3) is 0 Å². The zero-order chi connectivity index (χ0) is 26.8. The number of aryl methyl sites for hydroxylation is 1. The average molecular weight is 645 g/mol. The van der Waals surface area contributed by atoms with Gasteiger partial charge >= 0.3 is 111 Å². The molecule has 1 aliphatic heterocycles. The standard InChI is InChI=1S/C18H29O2S.C12H25NO2.Sn.H/c1-2-3-4-5-6-7-8-9-10-11-12-17-13-15-18(16-14-17)21(19)20;1-2-3-4-5-6-7-8-13(9-11-14)10-12-15;;/h13-16H,2-12H2,1H3;2-12H2,1H3;;/q-1;-2;+3;. The van der Waals surface area contributed by atoms with Crippen molar-refractivity contribution in [2.45, 2.75) is 128 Å². The van der Waals surface area contributed by atoms with Gasteiger partial charge < -0.3 is 8.42 Å². The van der Waals surface area contributed by atoms with Gasteiger partial charge in [-0.05, 0) is 29.1 Å². The van der Waals surface area contributed by atoms with Gasteiger partial charge in [-0.2, -0.15) is 0 Å². The molecule has 0 aliphatic carbocycles. The van der Waals surface area contributed by atoms with Crippen LogP contribution in [-0.4, -0.2) is 59.7 Å². The first-order chi connectivity index (χ1) is 18.2. The van der Waals surface area contributed by atoms with Crippen LogP contribution in [-0.2, 0) is 31.7 Å². The summed E-state index contributed by atoms with van der Waals surface area (Å²) in [5.41, 5.74) is 1.24. The number of benzene rings is 1. The number of hydrogen-bond donors (Lipinski definition) is 0. The van der Waals surface area contributed by atoms with E-state index in [0.29, 0.717) is 4.90 Å². The van der Waals surface area contributed by atoms with E-state index in [4.69, 9.17) is 6.15 Å². The van der Waals surface area contributed by atoms with Crippen molar-refractivity contribution in [2.75, 3.05) is 32.8 Å². The molecule has 5 nitrogen and oxygen atoms in total. The van der Waals surface area contributed by atoms with Crippen LogP contribution < -0.4 is 0 Å². The van der Waals surface area contributed by atoms with Crippen LogP contribution in [0.4, 0.5) is 0 Å². The maximum atomic E-state index is 10.8. The first kappa shape index (κ1) is 34.9. The number of unbranched alkanes of at least 4 members (excludes halogenated alkanes) is 14. The molecule has 0 radical (unpaired) electrons. The molecular weight excluding hydrogens is 589 g/mol. The Morgan fingerprint density at radius 1 is 0.676 bits per heavy atom. The molecule has 1 heterocycles. The van der Waals surface area contributed by atoms with Crippen molar-refractivity contribution < 1.29 is 14.6 Å². The van der Waals surface area contributed by atoms with E-state index in [1.807, 2.05) is 12.1 Å². The van der Waals surface area contributed by atoms with Crippen LogP contribution in [0.5, 0.6) is 0 Å². The van der Waals surface area contributed by atoms with Gasteiger partial charge in [0.15, 0.2) is 0 Å². The van der Waals surface area contributed by atoms with E-state index in [2.05, 4.69) is 18.7 Å². The molecule has 1 aromatic carbocycles. The molecule has 1 aromatic rings. The van der Waals surface area contributed by atoms with E-state index in [1.54, 1.807) is 12.1 Å². The first-order valence-corrected chi connectivity index (χ1v) is 18.9. The summed E-state index contributed by atoms with van der Waals surface area (Å²) in [7, 11) is -2.10. The van der Waals surface area contributed by atoms with Crippen molar-refractivity contribution in [2.24, 2.45) is 0 Å². The maximum absolute atomic E-state index is 10.8. The second kappa shape index (κ2) is 26.1. The fraction of sp³-hybridized carbons (Fsp3) is 0.800. The molecule has 0 N–H and O–H groups in total. The Balaban J connectivity index is 0.000000384. The van der Waals surface area contributed by atoms with E-state index >= 15 is 0 Å². The minimum absolute atomic E-state index is 0.377. The van der Waals surface area contributed by atoms with Crippen molar-refractivity contribution in [3.63, 3.8) is 0 Å². The Morgan fingerprint density at radius 3 is 1.62 bits per heavy atom. The van der Waals surface area contributed by atoms with Gasteiger partial charge in [0.2, 0.25) is 0 Å². The molecule has 0 bridgehead atoms. The molecular formula is C30H55NO4SSn. The Bertz CT molecular complexity index is 683. The Kier molecular flexibility index (Phi) is 24.6. The third-order valence-corrected chi connectivity index (χ3v) is 9.73. The summed E-state index contributed by atoms with van der Waals surface area (Å²) in [4.78, 5) is 2.86. The molecule has 0 amide bonds. The Hall–Kier alpha value is -0.151. The van der Waals surface area contributed by atoms with Crippen molar-refractivity contribution in [1.29, 1.82) is 0 Å². The fourth-order valence-electron chi connectivity index (χ4n) is 4.54. The normalized spacial score (nSPS) is 14.5. The molecule has 1 saturated heterocycles. The van der Waals surface area contributed by atoms with Crippen LogP contribution in [0, 0.1) is 0 Å². The van der Waals surface area contributed by atoms with Crippen molar-refractivity contribution in [1.82, 2.24) is 4.90 Å². The van der Waals surface area contributed by atoms with E-state index in [0.717, 1.165) is 32.7 Å². The summed E-state index contributed by atoms with van der Waals surface area (Å²) in [5, 5.41) is 0. The van der Waals surface area contributed by atoms with Crippen molar-refractivity contribution >= 4 is 32.7 Å². The zero-order valence-electron chi connectivity index (χ0n) is 23.9. The predicted molar refractivity (Wildman–Crippen MR) is 158 cm³/mol. The fourth-order valence-corrected chi connectivity index (χ4v) is 6.33. The molecule has 0 atom stereocenters. The van der Waals surface area contributed by atoms with Crippen LogP contribution in [0.1, 0.15) is 122 Å². The average Bonchev–Trinajstić information content (AvgIpc) is 2.89. The predicted octanol–water partition coefficient (Wildman–Crippen LogP) is 7.78.